The van der Waals surface area contributed by atoms with Gasteiger partial charge in [0.15, 0.2) is 0 Å². The highest BCUT2D eigenvalue weighted by Gasteiger charge is 2.29. The van der Waals surface area contributed by atoms with E-state index >= 15 is 0 Å². The molecule has 3 heteroatoms. The Hall–Kier alpha value is -0.570. The van der Waals surface area contributed by atoms with Gasteiger partial charge >= 0.3 is 5.97 Å². The molecule has 0 aliphatic carbocycles. The van der Waals surface area contributed by atoms with Crippen LogP contribution in [0.25, 0.3) is 0 Å². The largest absolute Gasteiger partial charge is 0.462 e. The highest BCUT2D eigenvalue weighted by Crippen LogP contribution is 2.18. The highest BCUT2D eigenvalue weighted by atomic mass is 16.5. The lowest BCUT2D eigenvalue weighted by molar-refractivity contribution is -0.151. The van der Waals surface area contributed by atoms with Gasteiger partial charge < -0.3 is 10.5 Å². The maximum atomic E-state index is 11.3. The zero-order valence-electron chi connectivity index (χ0n) is 8.55. The van der Waals surface area contributed by atoms with Gasteiger partial charge in [-0.3, -0.25) is 4.79 Å². The SMILES string of the molecule is CC(C)OC(=O)C(N)C(C)(C)C. The molecule has 0 spiro atoms. The van der Waals surface area contributed by atoms with Crippen LogP contribution in [0.2, 0.25) is 0 Å². The van der Waals surface area contributed by atoms with Crippen molar-refractivity contribution in [2.75, 3.05) is 0 Å². The first-order valence-electron chi connectivity index (χ1n) is 4.21. The topological polar surface area (TPSA) is 52.3 Å². The highest BCUT2D eigenvalue weighted by molar-refractivity contribution is 5.76. The van der Waals surface area contributed by atoms with Crippen molar-refractivity contribution < 1.29 is 9.53 Å². The van der Waals surface area contributed by atoms with Crippen LogP contribution in [0.3, 0.4) is 0 Å². The van der Waals surface area contributed by atoms with Crippen molar-refractivity contribution in [1.82, 2.24) is 0 Å². The number of ether oxygens (including phenoxy) is 1. The molecule has 0 saturated heterocycles. The lowest BCUT2D eigenvalue weighted by Crippen LogP contribution is -2.44. The lowest BCUT2D eigenvalue weighted by atomic mass is 9.87. The number of hydrogen-bond acceptors (Lipinski definition) is 3. The minimum absolute atomic E-state index is 0.0918. The number of carbonyl (C=O) groups is 1. The molecule has 1 atom stereocenters. The van der Waals surface area contributed by atoms with Gasteiger partial charge in [-0.05, 0) is 19.3 Å². The van der Waals surface area contributed by atoms with E-state index in [4.69, 9.17) is 10.5 Å². The molecule has 0 aromatic rings. The molecule has 0 aromatic carbocycles. The summed E-state index contributed by atoms with van der Waals surface area (Å²) in [4.78, 5) is 11.3. The zero-order chi connectivity index (χ0) is 9.94. The van der Waals surface area contributed by atoms with Crippen molar-refractivity contribution in [2.24, 2.45) is 11.1 Å². The molecule has 0 bridgehead atoms. The second-order valence-corrected chi connectivity index (χ2v) is 4.33. The van der Waals surface area contributed by atoms with Crippen LogP contribution in [0.5, 0.6) is 0 Å². The maximum absolute atomic E-state index is 11.3. The van der Waals surface area contributed by atoms with Crippen molar-refractivity contribution in [1.29, 1.82) is 0 Å². The second-order valence-electron chi connectivity index (χ2n) is 4.33. The number of hydrogen-bond donors (Lipinski definition) is 1. The predicted molar refractivity (Wildman–Crippen MR) is 48.7 cm³/mol. The van der Waals surface area contributed by atoms with E-state index in [1.807, 2.05) is 34.6 Å². The van der Waals surface area contributed by atoms with E-state index < -0.39 is 6.04 Å². The van der Waals surface area contributed by atoms with E-state index in [-0.39, 0.29) is 17.5 Å². The zero-order valence-corrected chi connectivity index (χ0v) is 8.55. The van der Waals surface area contributed by atoms with Gasteiger partial charge in [0.05, 0.1) is 6.10 Å². The lowest BCUT2D eigenvalue weighted by Gasteiger charge is -2.25. The Morgan fingerprint density at radius 1 is 1.33 bits per heavy atom. The summed E-state index contributed by atoms with van der Waals surface area (Å²) in [5.74, 6) is -0.322. The Kier molecular flexibility index (Phi) is 3.71. The van der Waals surface area contributed by atoms with Gasteiger partial charge in [-0.1, -0.05) is 20.8 Å². The van der Waals surface area contributed by atoms with Crippen molar-refractivity contribution in [2.45, 2.75) is 46.8 Å². The summed E-state index contributed by atoms with van der Waals surface area (Å²) in [5.41, 5.74) is 5.44. The van der Waals surface area contributed by atoms with Crippen LogP contribution in [-0.2, 0) is 9.53 Å². The molecule has 72 valence electrons. The third kappa shape index (κ3) is 3.72. The van der Waals surface area contributed by atoms with Crippen LogP contribution in [0, 0.1) is 5.41 Å². The maximum Gasteiger partial charge on any atom is 0.323 e. The number of carbonyl (C=O) groups excluding carboxylic acids is 1. The quantitative estimate of drug-likeness (QED) is 0.640. The molecule has 12 heavy (non-hydrogen) atoms. The Balaban J connectivity index is 4.12. The third-order valence-electron chi connectivity index (χ3n) is 1.54. The molecular weight excluding hydrogens is 154 g/mol. The summed E-state index contributed by atoms with van der Waals surface area (Å²) in [7, 11) is 0. The first-order valence-corrected chi connectivity index (χ1v) is 4.21. The molecule has 0 radical (unpaired) electrons. The van der Waals surface area contributed by atoms with Gasteiger partial charge in [-0.15, -0.1) is 0 Å². The van der Waals surface area contributed by atoms with Gasteiger partial charge in [0.1, 0.15) is 6.04 Å². The molecule has 0 heterocycles. The van der Waals surface area contributed by atoms with Gasteiger partial charge in [-0.25, -0.2) is 0 Å². The summed E-state index contributed by atoms with van der Waals surface area (Å²) >= 11 is 0. The molecule has 3 nitrogen and oxygen atoms in total. The number of rotatable bonds is 2. The van der Waals surface area contributed by atoms with E-state index in [0.29, 0.717) is 0 Å². The Morgan fingerprint density at radius 3 is 2.00 bits per heavy atom. The molecule has 1 unspecified atom stereocenters. The standard InChI is InChI=1S/C9H19NO2/c1-6(2)12-8(11)7(10)9(3,4)5/h6-7H,10H2,1-5H3. The molecule has 2 N–H and O–H groups in total. The number of esters is 1. The average molecular weight is 173 g/mol. The fourth-order valence-electron chi connectivity index (χ4n) is 0.659. The van der Waals surface area contributed by atoms with Gasteiger partial charge in [-0.2, -0.15) is 0 Å². The summed E-state index contributed by atoms with van der Waals surface area (Å²) in [5, 5.41) is 0. The van der Waals surface area contributed by atoms with Crippen molar-refractivity contribution >= 4 is 5.97 Å². The first-order chi connectivity index (χ1) is 5.25. The minimum atomic E-state index is -0.542. The molecule has 0 aliphatic rings. The molecule has 0 fully saturated rings. The van der Waals surface area contributed by atoms with E-state index in [1.165, 1.54) is 0 Å². The molecule has 0 aromatic heterocycles. The van der Waals surface area contributed by atoms with E-state index in [0.717, 1.165) is 0 Å². The average Bonchev–Trinajstić information content (AvgIpc) is 1.82. The van der Waals surface area contributed by atoms with E-state index in [9.17, 15) is 4.79 Å². The molecule has 0 aliphatic heterocycles. The smallest absolute Gasteiger partial charge is 0.323 e. The van der Waals surface area contributed by atoms with Crippen LogP contribution >= 0.6 is 0 Å². The fourth-order valence-corrected chi connectivity index (χ4v) is 0.659. The van der Waals surface area contributed by atoms with Gasteiger partial charge in [0.25, 0.3) is 0 Å². The Morgan fingerprint density at radius 2 is 1.75 bits per heavy atom. The molecule has 0 rings (SSSR count). The fraction of sp³-hybridized carbons (Fsp3) is 0.889. The predicted octanol–water partition coefficient (Wildman–Crippen LogP) is 1.31. The minimum Gasteiger partial charge on any atom is -0.462 e. The van der Waals surface area contributed by atoms with Crippen molar-refractivity contribution in [3.8, 4) is 0 Å². The Labute approximate surface area is 74.3 Å². The summed E-state index contributed by atoms with van der Waals surface area (Å²) < 4.78 is 4.97. The van der Waals surface area contributed by atoms with E-state index in [2.05, 4.69) is 0 Å². The molecule has 0 amide bonds. The normalized spacial score (nSPS) is 14.6. The van der Waals surface area contributed by atoms with Crippen molar-refractivity contribution in [3.05, 3.63) is 0 Å². The third-order valence-corrected chi connectivity index (χ3v) is 1.54. The summed E-state index contributed by atoms with van der Waals surface area (Å²) in [6.45, 7) is 9.37. The second kappa shape index (κ2) is 3.90. The van der Waals surface area contributed by atoms with Crippen LogP contribution < -0.4 is 5.73 Å². The van der Waals surface area contributed by atoms with Crippen LogP contribution in [0.4, 0.5) is 0 Å². The monoisotopic (exact) mass is 173 g/mol. The van der Waals surface area contributed by atoms with Gasteiger partial charge in [0, 0.05) is 0 Å². The van der Waals surface area contributed by atoms with Crippen LogP contribution in [0.15, 0.2) is 0 Å². The summed E-state index contributed by atoms with van der Waals surface area (Å²) in [6, 6.07) is -0.542. The van der Waals surface area contributed by atoms with Crippen LogP contribution in [0.1, 0.15) is 34.6 Å². The van der Waals surface area contributed by atoms with E-state index in [1.54, 1.807) is 0 Å². The summed E-state index contributed by atoms with van der Waals surface area (Å²) in [6.07, 6.45) is -0.0918. The molecular formula is C9H19NO2. The van der Waals surface area contributed by atoms with Crippen molar-refractivity contribution in [3.63, 3.8) is 0 Å². The van der Waals surface area contributed by atoms with Crippen LogP contribution in [-0.4, -0.2) is 18.1 Å². The van der Waals surface area contributed by atoms with Gasteiger partial charge in [0.2, 0.25) is 0 Å². The molecule has 0 saturated carbocycles. The first kappa shape index (κ1) is 11.4. The Bertz CT molecular complexity index is 158. The number of nitrogens with two attached hydrogens (primary N) is 1.